The van der Waals surface area contributed by atoms with Gasteiger partial charge in [0.15, 0.2) is 0 Å². The lowest BCUT2D eigenvalue weighted by Crippen LogP contribution is -2.29. The van der Waals surface area contributed by atoms with Gasteiger partial charge >= 0.3 is 6.18 Å². The van der Waals surface area contributed by atoms with E-state index in [1.165, 1.54) is 6.20 Å². The van der Waals surface area contributed by atoms with Gasteiger partial charge in [-0.1, -0.05) is 24.3 Å². The summed E-state index contributed by atoms with van der Waals surface area (Å²) in [5, 5.41) is 8.29. The first-order valence-corrected chi connectivity index (χ1v) is 9.28. The van der Waals surface area contributed by atoms with Crippen LogP contribution in [0.2, 0.25) is 0 Å². The maximum absolute atomic E-state index is 13.2. The number of rotatable bonds is 2. The lowest BCUT2D eigenvalue weighted by atomic mass is 9.87. The van der Waals surface area contributed by atoms with Gasteiger partial charge in [-0.25, -0.2) is 8.42 Å². The van der Waals surface area contributed by atoms with Crippen molar-refractivity contribution < 1.29 is 21.6 Å². The zero-order chi connectivity index (χ0) is 19.6. The Bertz CT molecular complexity index is 1080. The van der Waals surface area contributed by atoms with Gasteiger partial charge in [0.1, 0.15) is 10.6 Å². The number of pyridine rings is 1. The summed E-state index contributed by atoms with van der Waals surface area (Å²) in [5.41, 5.74) is 6.24. The van der Waals surface area contributed by atoms with Crippen molar-refractivity contribution in [2.75, 3.05) is 0 Å². The van der Waals surface area contributed by atoms with Crippen LogP contribution in [-0.4, -0.2) is 23.4 Å². The highest BCUT2D eigenvalue weighted by Crippen LogP contribution is 2.55. The van der Waals surface area contributed by atoms with E-state index in [2.05, 4.69) is 4.98 Å². The van der Waals surface area contributed by atoms with Gasteiger partial charge in [0.2, 0.25) is 10.0 Å². The molecule has 3 N–H and O–H groups in total. The van der Waals surface area contributed by atoms with E-state index in [4.69, 9.17) is 11.1 Å². The van der Waals surface area contributed by atoms with E-state index in [1.807, 2.05) is 0 Å². The van der Waals surface area contributed by atoms with E-state index in [0.717, 1.165) is 10.4 Å². The van der Waals surface area contributed by atoms with Gasteiger partial charge in [0.25, 0.3) is 0 Å². The van der Waals surface area contributed by atoms with Gasteiger partial charge < -0.3 is 11.1 Å². The summed E-state index contributed by atoms with van der Waals surface area (Å²) < 4.78 is 65.6. The second kappa shape index (κ2) is 5.64. The number of nitrogens with zero attached hydrogens (tertiary/aromatic N) is 2. The fraction of sp³-hybridized carbons (Fsp3) is 0.176. The molecule has 4 rings (SSSR count). The molecule has 0 aliphatic carbocycles. The van der Waals surface area contributed by atoms with Crippen LogP contribution in [0, 0.1) is 5.41 Å². The molecule has 2 unspecified atom stereocenters. The second-order valence-corrected chi connectivity index (χ2v) is 8.02. The molecule has 2 aromatic rings. The number of fused-ring (bicyclic) bond motifs is 5. The third-order valence-corrected chi connectivity index (χ3v) is 6.57. The number of hydrogen-bond donors (Lipinski definition) is 2. The van der Waals surface area contributed by atoms with Crippen molar-refractivity contribution in [2.24, 2.45) is 5.73 Å². The molecule has 0 saturated carbocycles. The zero-order valence-electron chi connectivity index (χ0n) is 13.6. The second-order valence-electron chi connectivity index (χ2n) is 6.18. The Labute approximate surface area is 152 Å². The highest BCUT2D eigenvalue weighted by molar-refractivity contribution is 7.89. The predicted molar refractivity (Wildman–Crippen MR) is 90.2 cm³/mol. The highest BCUT2D eigenvalue weighted by atomic mass is 32.2. The van der Waals surface area contributed by atoms with Crippen molar-refractivity contribution in [3.63, 3.8) is 0 Å². The Hall–Kier alpha value is -2.72. The number of nitrogens with one attached hydrogen (secondary N) is 1. The molecule has 140 valence electrons. The van der Waals surface area contributed by atoms with Crippen LogP contribution in [0.3, 0.4) is 0 Å². The summed E-state index contributed by atoms with van der Waals surface area (Å²) in [7, 11) is -4.21. The Balaban J connectivity index is 1.83. The van der Waals surface area contributed by atoms with Crippen molar-refractivity contribution in [1.82, 2.24) is 9.29 Å². The first-order valence-electron chi connectivity index (χ1n) is 7.84. The third-order valence-electron chi connectivity index (χ3n) is 4.75. The predicted octanol–water partition coefficient (Wildman–Crippen LogP) is 2.76. The van der Waals surface area contributed by atoms with Gasteiger partial charge in [0.05, 0.1) is 17.8 Å². The minimum Gasteiger partial charge on any atom is -0.404 e. The van der Waals surface area contributed by atoms with E-state index in [-0.39, 0.29) is 10.6 Å². The third kappa shape index (κ3) is 2.40. The molecule has 0 radical (unpaired) electrons. The summed E-state index contributed by atoms with van der Waals surface area (Å²) in [6.07, 6.45) is -2.77. The average molecular weight is 394 g/mol. The van der Waals surface area contributed by atoms with Crippen LogP contribution in [0.15, 0.2) is 59.3 Å². The smallest absolute Gasteiger partial charge is 0.404 e. The molecule has 6 nitrogen and oxygen atoms in total. The molecule has 2 aliphatic rings. The Morgan fingerprint density at radius 3 is 2.26 bits per heavy atom. The largest absolute Gasteiger partial charge is 0.433 e. The first kappa shape index (κ1) is 17.7. The van der Waals surface area contributed by atoms with Gasteiger partial charge in [0, 0.05) is 18.0 Å². The lowest BCUT2D eigenvalue weighted by molar-refractivity contribution is -0.141. The molecular formula is C17H13F3N4O2S. The van der Waals surface area contributed by atoms with Gasteiger partial charge in [-0.3, -0.25) is 4.98 Å². The molecule has 0 amide bonds. The Morgan fingerprint density at radius 2 is 1.74 bits per heavy atom. The maximum Gasteiger partial charge on any atom is 0.433 e. The van der Waals surface area contributed by atoms with Crippen LogP contribution in [0.1, 0.15) is 28.9 Å². The topological polar surface area (TPSA) is 100 Å². The van der Waals surface area contributed by atoms with Gasteiger partial charge in [-0.15, -0.1) is 0 Å². The van der Waals surface area contributed by atoms with Gasteiger partial charge in [-0.05, 0) is 23.3 Å². The Morgan fingerprint density at radius 1 is 1.11 bits per heavy atom. The number of nitrogens with two attached hydrogens (primary N) is 1. The fourth-order valence-corrected chi connectivity index (χ4v) is 5.28. The molecule has 0 spiro atoms. The number of benzene rings is 1. The van der Waals surface area contributed by atoms with Gasteiger partial charge in [-0.2, -0.15) is 17.5 Å². The summed E-state index contributed by atoms with van der Waals surface area (Å²) in [5.74, 6) is 0. The Kier molecular flexibility index (Phi) is 3.69. The minimum atomic E-state index is -4.66. The maximum atomic E-state index is 13.2. The number of alkyl halides is 3. The van der Waals surface area contributed by atoms with E-state index in [0.29, 0.717) is 29.0 Å². The van der Waals surface area contributed by atoms with E-state index in [1.54, 1.807) is 24.3 Å². The molecular weight excluding hydrogens is 381 g/mol. The SMILES string of the molecule is N=C1C(=CN)C2c3ccccc3C1N2S(=O)(=O)c1ccc(C(F)(F)F)nc1. The molecule has 1 aromatic carbocycles. The number of halogens is 3. The minimum absolute atomic E-state index is 0.0599. The molecule has 2 aliphatic heterocycles. The van der Waals surface area contributed by atoms with Crippen molar-refractivity contribution >= 4 is 15.7 Å². The number of sulfonamides is 1. The molecule has 10 heteroatoms. The number of aromatic nitrogens is 1. The highest BCUT2D eigenvalue weighted by Gasteiger charge is 2.56. The molecule has 27 heavy (non-hydrogen) atoms. The van der Waals surface area contributed by atoms with Crippen molar-refractivity contribution in [1.29, 1.82) is 5.41 Å². The number of hydrogen-bond acceptors (Lipinski definition) is 5. The summed E-state index contributed by atoms with van der Waals surface area (Å²) in [4.78, 5) is 2.87. The molecule has 2 bridgehead atoms. The van der Waals surface area contributed by atoms with Crippen LogP contribution in [0.5, 0.6) is 0 Å². The molecule has 1 fully saturated rings. The average Bonchev–Trinajstić information content (AvgIpc) is 3.12. The van der Waals surface area contributed by atoms with Crippen LogP contribution >= 0.6 is 0 Å². The van der Waals surface area contributed by atoms with Crippen molar-refractivity contribution in [2.45, 2.75) is 23.2 Å². The first-order chi connectivity index (χ1) is 12.7. The van der Waals surface area contributed by atoms with Crippen molar-refractivity contribution in [3.05, 3.63) is 71.2 Å². The van der Waals surface area contributed by atoms with E-state index < -0.39 is 34.0 Å². The molecule has 2 atom stereocenters. The zero-order valence-corrected chi connectivity index (χ0v) is 14.4. The monoisotopic (exact) mass is 394 g/mol. The van der Waals surface area contributed by atoms with E-state index >= 15 is 0 Å². The summed E-state index contributed by atoms with van der Waals surface area (Å²) >= 11 is 0. The van der Waals surface area contributed by atoms with E-state index in [9.17, 15) is 21.6 Å². The van der Waals surface area contributed by atoms with Crippen LogP contribution in [-0.2, 0) is 16.2 Å². The molecule has 3 heterocycles. The van der Waals surface area contributed by atoms with Crippen molar-refractivity contribution in [3.8, 4) is 0 Å². The quantitative estimate of drug-likeness (QED) is 0.818. The lowest BCUT2D eigenvalue weighted by Gasteiger charge is -2.21. The standard InChI is InChI=1S/C17H13F3N4O2S/c18-17(19,20)13-6-5-9(8-23-13)27(25,26)24-15-10-3-1-2-4-11(10)16(24)14(22)12(15)7-21/h1-8,15-16,22H,21H2. The van der Waals surface area contributed by atoms with Crippen LogP contribution < -0.4 is 5.73 Å². The molecule has 1 aromatic heterocycles. The fourth-order valence-electron chi connectivity index (χ4n) is 3.61. The van der Waals surface area contributed by atoms with Crippen LogP contribution in [0.25, 0.3) is 0 Å². The van der Waals surface area contributed by atoms with Crippen LogP contribution in [0.4, 0.5) is 13.2 Å². The molecule has 1 saturated heterocycles. The summed E-state index contributed by atoms with van der Waals surface area (Å²) in [6, 6.07) is 6.83. The summed E-state index contributed by atoms with van der Waals surface area (Å²) in [6.45, 7) is 0. The normalized spacial score (nSPS) is 23.8.